The molecule has 1 aliphatic heterocycles. The zero-order valence-corrected chi connectivity index (χ0v) is 6.39. The van der Waals surface area contributed by atoms with E-state index in [0.29, 0.717) is 5.70 Å². The Hall–Kier alpha value is -1.19. The number of nitrogens with zero attached hydrogens (tertiary/aromatic N) is 1. The van der Waals surface area contributed by atoms with Gasteiger partial charge in [-0.25, -0.2) is 4.79 Å². The highest BCUT2D eigenvalue weighted by Crippen LogP contribution is 2.11. The van der Waals surface area contributed by atoms with E-state index < -0.39 is 0 Å². The number of carbonyl (C=O) groups excluding carboxylic acids is 1. The van der Waals surface area contributed by atoms with E-state index in [4.69, 9.17) is 0 Å². The van der Waals surface area contributed by atoms with Crippen LogP contribution < -0.4 is 0 Å². The number of rotatable bonds is 1. The maximum Gasteiger partial charge on any atom is 0.174 e. The molecule has 0 spiro atoms. The summed E-state index contributed by atoms with van der Waals surface area (Å²) in [6.07, 6.45) is 2.29. The van der Waals surface area contributed by atoms with Crippen molar-refractivity contribution in [2.24, 2.45) is 0 Å². The van der Waals surface area contributed by atoms with Crippen LogP contribution in [0.1, 0.15) is 12.8 Å². The van der Waals surface area contributed by atoms with Crippen LogP contribution in [0.25, 0.3) is 0 Å². The smallest absolute Gasteiger partial charge is 0.174 e. The third-order valence-corrected chi connectivity index (χ3v) is 1.73. The van der Waals surface area contributed by atoms with Crippen molar-refractivity contribution in [1.29, 1.82) is 0 Å². The van der Waals surface area contributed by atoms with Gasteiger partial charge in [0.2, 0.25) is 0 Å². The minimum atomic E-state index is 0.456. The van der Waals surface area contributed by atoms with Gasteiger partial charge in [0, 0.05) is 20.0 Å². The van der Waals surface area contributed by atoms with Gasteiger partial charge in [-0.05, 0) is 18.8 Å². The summed E-state index contributed by atoms with van der Waals surface area (Å²) in [7, 11) is 0. The molecule has 2 nitrogen and oxygen atoms in total. The predicted molar refractivity (Wildman–Crippen MR) is 43.1 cm³/mol. The second kappa shape index (κ2) is 3.85. The van der Waals surface area contributed by atoms with Crippen LogP contribution in [0.4, 0.5) is 0 Å². The molecule has 0 amide bonds. The second-order valence-electron chi connectivity index (χ2n) is 2.45. The average Bonchev–Trinajstić information content (AvgIpc) is 2.52. The molecular formula is C9H10NO. The largest absolute Gasteiger partial charge is 0.356 e. The Labute approximate surface area is 66.9 Å². The van der Waals surface area contributed by atoms with Gasteiger partial charge in [-0.3, -0.25) is 0 Å². The quantitative estimate of drug-likeness (QED) is 0.401. The van der Waals surface area contributed by atoms with Gasteiger partial charge in [0.05, 0.1) is 0 Å². The Morgan fingerprint density at radius 1 is 1.36 bits per heavy atom. The van der Waals surface area contributed by atoms with Crippen molar-refractivity contribution in [3.63, 3.8) is 0 Å². The summed E-state index contributed by atoms with van der Waals surface area (Å²) in [6.45, 7) is 5.22. The molecule has 0 aromatic heterocycles. The van der Waals surface area contributed by atoms with Crippen LogP contribution >= 0.6 is 0 Å². The molecule has 1 fully saturated rings. The van der Waals surface area contributed by atoms with Gasteiger partial charge >= 0.3 is 0 Å². The van der Waals surface area contributed by atoms with Crippen molar-refractivity contribution in [1.82, 2.24) is 4.90 Å². The van der Waals surface area contributed by atoms with E-state index in [2.05, 4.69) is 18.8 Å². The lowest BCUT2D eigenvalue weighted by molar-refractivity contribution is 0.443. The summed E-state index contributed by atoms with van der Waals surface area (Å²) in [5.74, 6) is 6.91. The van der Waals surface area contributed by atoms with Gasteiger partial charge in [-0.1, -0.05) is 5.92 Å². The summed E-state index contributed by atoms with van der Waals surface area (Å²) in [6, 6.07) is 0. The Balaban J connectivity index is 2.67. The van der Waals surface area contributed by atoms with Gasteiger partial charge in [-0.15, -0.1) is 0 Å². The molecule has 0 saturated carbocycles. The van der Waals surface area contributed by atoms with Gasteiger partial charge < -0.3 is 4.90 Å². The fraction of sp³-hybridized carbons (Fsp3) is 0.444. The third kappa shape index (κ3) is 1.86. The maximum atomic E-state index is 10.3. The Morgan fingerprint density at radius 3 is 2.45 bits per heavy atom. The highest BCUT2D eigenvalue weighted by atomic mass is 16.1. The molecule has 1 radical (unpaired) electrons. The minimum Gasteiger partial charge on any atom is -0.356 e. The summed E-state index contributed by atoms with van der Waals surface area (Å²) >= 11 is 0. The van der Waals surface area contributed by atoms with Crippen LogP contribution in [0.2, 0.25) is 0 Å². The van der Waals surface area contributed by atoms with Crippen LogP contribution in [0, 0.1) is 18.8 Å². The van der Waals surface area contributed by atoms with E-state index in [-0.39, 0.29) is 0 Å². The third-order valence-electron chi connectivity index (χ3n) is 1.73. The summed E-state index contributed by atoms with van der Waals surface area (Å²) < 4.78 is 0. The Bertz CT molecular complexity index is 234. The average molecular weight is 148 g/mol. The molecule has 57 valence electrons. The van der Waals surface area contributed by atoms with E-state index in [1.54, 1.807) is 0 Å². The fourth-order valence-corrected chi connectivity index (χ4v) is 1.19. The number of allylic oxidation sites excluding steroid dienone is 1. The monoisotopic (exact) mass is 148 g/mol. The number of hydrogen-bond donors (Lipinski definition) is 0. The van der Waals surface area contributed by atoms with E-state index in [9.17, 15) is 4.79 Å². The van der Waals surface area contributed by atoms with Crippen LogP contribution in [0.5, 0.6) is 0 Å². The molecule has 1 saturated heterocycles. The van der Waals surface area contributed by atoms with Crippen LogP contribution in [-0.4, -0.2) is 23.9 Å². The standard InChI is InChI=1S/C9H10NO/c1-2-5-9(8-11)10-6-3-4-7-10/h1,3-4,6-7H2. The molecular weight excluding hydrogens is 138 g/mol. The highest BCUT2D eigenvalue weighted by Gasteiger charge is 2.13. The first-order chi connectivity index (χ1) is 5.38. The molecule has 0 N–H and O–H groups in total. The van der Waals surface area contributed by atoms with Crippen molar-refractivity contribution < 1.29 is 4.79 Å². The van der Waals surface area contributed by atoms with Crippen LogP contribution in [-0.2, 0) is 4.79 Å². The van der Waals surface area contributed by atoms with Gasteiger partial charge in [0.1, 0.15) is 0 Å². The molecule has 0 atom stereocenters. The fourth-order valence-electron chi connectivity index (χ4n) is 1.19. The molecule has 0 unspecified atom stereocenters. The zero-order valence-electron chi connectivity index (χ0n) is 6.39. The zero-order chi connectivity index (χ0) is 8.10. The second-order valence-corrected chi connectivity index (χ2v) is 2.45. The van der Waals surface area contributed by atoms with Crippen molar-refractivity contribution in [3.8, 4) is 11.8 Å². The molecule has 1 heterocycles. The maximum absolute atomic E-state index is 10.3. The van der Waals surface area contributed by atoms with Crippen molar-refractivity contribution in [3.05, 3.63) is 12.6 Å². The molecule has 0 aliphatic carbocycles. The lowest BCUT2D eigenvalue weighted by atomic mass is 10.4. The van der Waals surface area contributed by atoms with E-state index in [1.165, 1.54) is 0 Å². The normalized spacial score (nSPS) is 15.2. The Kier molecular flexibility index (Phi) is 2.77. The van der Waals surface area contributed by atoms with Crippen molar-refractivity contribution in [2.75, 3.05) is 13.1 Å². The summed E-state index contributed by atoms with van der Waals surface area (Å²) in [5.41, 5.74) is 0.456. The summed E-state index contributed by atoms with van der Waals surface area (Å²) in [5, 5.41) is 0. The topological polar surface area (TPSA) is 20.3 Å². The molecule has 1 aliphatic rings. The minimum absolute atomic E-state index is 0.456. The molecule has 11 heavy (non-hydrogen) atoms. The summed E-state index contributed by atoms with van der Waals surface area (Å²) in [4.78, 5) is 12.3. The van der Waals surface area contributed by atoms with Gasteiger partial charge in [0.15, 0.2) is 11.6 Å². The Morgan fingerprint density at radius 2 is 2.00 bits per heavy atom. The predicted octanol–water partition coefficient (Wildman–Crippen LogP) is 0.635. The molecule has 2 heteroatoms. The molecule has 0 aromatic carbocycles. The number of hydrogen-bond acceptors (Lipinski definition) is 2. The first-order valence-corrected chi connectivity index (χ1v) is 3.66. The first kappa shape index (κ1) is 7.91. The van der Waals surface area contributed by atoms with Gasteiger partial charge in [0.25, 0.3) is 0 Å². The first-order valence-electron chi connectivity index (χ1n) is 3.66. The van der Waals surface area contributed by atoms with Gasteiger partial charge in [-0.2, -0.15) is 0 Å². The van der Waals surface area contributed by atoms with E-state index in [1.807, 2.05) is 10.8 Å². The van der Waals surface area contributed by atoms with Crippen molar-refractivity contribution in [2.45, 2.75) is 12.8 Å². The van der Waals surface area contributed by atoms with Crippen LogP contribution in [0.15, 0.2) is 5.70 Å². The SMILES string of the molecule is [CH2]C#CC(=C=O)N1CCCC1. The van der Waals surface area contributed by atoms with E-state index in [0.717, 1.165) is 25.9 Å². The lowest BCUT2D eigenvalue weighted by Gasteiger charge is -2.12. The molecule has 1 rings (SSSR count). The lowest BCUT2D eigenvalue weighted by Crippen LogP contribution is -2.17. The molecule has 0 aromatic rings. The highest BCUT2D eigenvalue weighted by molar-refractivity contribution is 5.59. The van der Waals surface area contributed by atoms with E-state index >= 15 is 0 Å². The number of likely N-dealkylation sites (tertiary alicyclic amines) is 1. The molecule has 0 bridgehead atoms. The van der Waals surface area contributed by atoms with Crippen LogP contribution in [0.3, 0.4) is 0 Å². The van der Waals surface area contributed by atoms with Crippen molar-refractivity contribution >= 4 is 5.94 Å².